The molecule has 1 aromatic carbocycles. The highest BCUT2D eigenvalue weighted by atomic mass is 32.1. The Bertz CT molecular complexity index is 971. The van der Waals surface area contributed by atoms with Crippen LogP contribution in [0.5, 0.6) is 0 Å². The molecular weight excluding hydrogens is 386 g/mol. The number of carbonyl (C=O) groups is 1. The van der Waals surface area contributed by atoms with E-state index in [2.05, 4.69) is 31.7 Å². The van der Waals surface area contributed by atoms with Crippen molar-refractivity contribution in [1.82, 2.24) is 20.3 Å². The lowest BCUT2D eigenvalue weighted by molar-refractivity contribution is 0.0903. The molecule has 0 aliphatic carbocycles. The van der Waals surface area contributed by atoms with Crippen molar-refractivity contribution < 1.29 is 9.53 Å². The van der Waals surface area contributed by atoms with E-state index in [-0.39, 0.29) is 5.91 Å². The Morgan fingerprint density at radius 3 is 2.90 bits per heavy atom. The van der Waals surface area contributed by atoms with Gasteiger partial charge in [0.05, 0.1) is 17.4 Å². The third kappa shape index (κ3) is 4.96. The number of thiazole rings is 1. The average molecular weight is 410 g/mol. The molecule has 150 valence electrons. The molecule has 1 aliphatic rings. The number of carbonyl (C=O) groups excluding carboxylic acids is 1. The lowest BCUT2D eigenvalue weighted by Crippen LogP contribution is -2.28. The maximum Gasteiger partial charge on any atom is 0.263 e. The Balaban J connectivity index is 1.43. The number of benzene rings is 1. The van der Waals surface area contributed by atoms with E-state index in [1.165, 1.54) is 11.3 Å². The molecule has 0 radical (unpaired) electrons. The van der Waals surface area contributed by atoms with Gasteiger partial charge in [-0.1, -0.05) is 12.1 Å². The molecule has 0 spiro atoms. The van der Waals surface area contributed by atoms with Gasteiger partial charge in [0.2, 0.25) is 5.95 Å². The van der Waals surface area contributed by atoms with E-state index in [0.717, 1.165) is 48.4 Å². The van der Waals surface area contributed by atoms with Gasteiger partial charge in [-0.15, -0.1) is 11.3 Å². The van der Waals surface area contributed by atoms with Crippen molar-refractivity contribution in [2.75, 3.05) is 18.5 Å². The summed E-state index contributed by atoms with van der Waals surface area (Å²) in [5.41, 5.74) is 5.73. The first-order valence-corrected chi connectivity index (χ1v) is 10.5. The molecule has 7 nitrogen and oxygen atoms in total. The molecule has 0 saturated carbocycles. The highest BCUT2D eigenvalue weighted by molar-refractivity contribution is 7.11. The second-order valence-corrected chi connectivity index (χ2v) is 7.87. The topological polar surface area (TPSA) is 89.0 Å². The molecule has 2 N–H and O–H groups in total. The van der Waals surface area contributed by atoms with E-state index in [1.54, 1.807) is 17.9 Å². The van der Waals surface area contributed by atoms with Crippen LogP contribution in [0.1, 0.15) is 33.6 Å². The van der Waals surface area contributed by atoms with E-state index >= 15 is 0 Å². The zero-order valence-electron chi connectivity index (χ0n) is 16.2. The molecule has 2 aromatic heterocycles. The second kappa shape index (κ2) is 9.11. The normalized spacial score (nSPS) is 14.5. The number of hydrogen-bond donors (Lipinski definition) is 2. The summed E-state index contributed by atoms with van der Waals surface area (Å²) < 4.78 is 5.40. The Hall–Kier alpha value is -2.84. The van der Waals surface area contributed by atoms with Gasteiger partial charge < -0.3 is 15.4 Å². The number of aromatic nitrogens is 3. The van der Waals surface area contributed by atoms with Crippen molar-refractivity contribution >= 4 is 23.2 Å². The molecule has 3 heterocycles. The number of hydrogen-bond acceptors (Lipinski definition) is 7. The van der Waals surface area contributed by atoms with Crippen LogP contribution in [0.15, 0.2) is 42.2 Å². The summed E-state index contributed by atoms with van der Waals surface area (Å²) in [7, 11) is 0. The van der Waals surface area contributed by atoms with Gasteiger partial charge in [0, 0.05) is 37.6 Å². The molecule has 1 aliphatic heterocycles. The Labute approximate surface area is 173 Å². The van der Waals surface area contributed by atoms with E-state index < -0.39 is 0 Å². The van der Waals surface area contributed by atoms with Crippen LogP contribution in [-0.4, -0.2) is 40.1 Å². The smallest absolute Gasteiger partial charge is 0.263 e. The molecule has 3 aromatic rings. The average Bonchev–Trinajstić information content (AvgIpc) is 3.29. The van der Waals surface area contributed by atoms with Crippen LogP contribution in [0.25, 0.3) is 11.3 Å². The monoisotopic (exact) mass is 409 g/mol. The largest absolute Gasteiger partial charge is 0.381 e. The number of nitrogens with one attached hydrogen (secondary N) is 2. The summed E-state index contributed by atoms with van der Waals surface area (Å²) in [6, 6.07) is 8.42. The first-order valence-electron chi connectivity index (χ1n) is 9.63. The number of aryl methyl sites for hydroxylation is 1. The van der Waals surface area contributed by atoms with Crippen molar-refractivity contribution in [1.29, 1.82) is 0 Å². The molecule has 8 heteroatoms. The minimum atomic E-state index is -0.101. The third-order valence-corrected chi connectivity index (χ3v) is 5.72. The number of amides is 1. The molecule has 0 unspecified atom stereocenters. The van der Waals surface area contributed by atoms with Crippen molar-refractivity contribution in [3.8, 4) is 11.3 Å². The second-order valence-electron chi connectivity index (χ2n) is 6.99. The standard InChI is InChI=1S/C21H23N5O2S/c1-14-10-15(2-3-16(14)11-24-20(27)19-12-22-13-29-19)18-4-7-23-21(26-18)25-17-5-8-28-9-6-17/h2-4,7,10,12-13,17H,5-6,8-9,11H2,1H3,(H,24,27)(H,23,25,26). The fourth-order valence-corrected chi connectivity index (χ4v) is 3.79. The summed E-state index contributed by atoms with van der Waals surface area (Å²) in [4.78, 5) is 25.7. The van der Waals surface area contributed by atoms with Gasteiger partial charge in [-0.3, -0.25) is 9.78 Å². The summed E-state index contributed by atoms with van der Waals surface area (Å²) in [5, 5.41) is 6.35. The van der Waals surface area contributed by atoms with Crippen LogP contribution in [-0.2, 0) is 11.3 Å². The molecule has 29 heavy (non-hydrogen) atoms. The number of ether oxygens (including phenoxy) is 1. The van der Waals surface area contributed by atoms with E-state index in [9.17, 15) is 4.79 Å². The van der Waals surface area contributed by atoms with Gasteiger partial charge in [0.1, 0.15) is 4.88 Å². The first-order chi connectivity index (χ1) is 14.2. The van der Waals surface area contributed by atoms with Crippen molar-refractivity contribution in [3.63, 3.8) is 0 Å². The minimum absolute atomic E-state index is 0.101. The van der Waals surface area contributed by atoms with Crippen LogP contribution in [0.4, 0.5) is 5.95 Å². The third-order valence-electron chi connectivity index (χ3n) is 4.94. The summed E-state index contributed by atoms with van der Waals surface area (Å²) in [5.74, 6) is 0.545. The van der Waals surface area contributed by atoms with Crippen molar-refractivity contribution in [2.45, 2.75) is 32.4 Å². The lowest BCUT2D eigenvalue weighted by atomic mass is 10.0. The highest BCUT2D eigenvalue weighted by Gasteiger charge is 2.15. The maximum absolute atomic E-state index is 12.1. The van der Waals surface area contributed by atoms with Crippen LogP contribution in [0, 0.1) is 6.92 Å². The zero-order valence-corrected chi connectivity index (χ0v) is 17.0. The van der Waals surface area contributed by atoms with E-state index in [0.29, 0.717) is 23.4 Å². The SMILES string of the molecule is Cc1cc(-c2ccnc(NC3CCOCC3)n2)ccc1CNC(=O)c1cncs1. The summed E-state index contributed by atoms with van der Waals surface area (Å²) in [6.45, 7) is 4.07. The number of rotatable bonds is 6. The first kappa shape index (κ1) is 19.5. The van der Waals surface area contributed by atoms with Crippen LogP contribution >= 0.6 is 11.3 Å². The van der Waals surface area contributed by atoms with Gasteiger partial charge in [0.15, 0.2) is 0 Å². The van der Waals surface area contributed by atoms with Gasteiger partial charge >= 0.3 is 0 Å². The Morgan fingerprint density at radius 2 is 2.14 bits per heavy atom. The lowest BCUT2D eigenvalue weighted by Gasteiger charge is -2.23. The predicted molar refractivity (Wildman–Crippen MR) is 113 cm³/mol. The minimum Gasteiger partial charge on any atom is -0.381 e. The van der Waals surface area contributed by atoms with Crippen LogP contribution in [0.3, 0.4) is 0 Å². The number of anilines is 1. The van der Waals surface area contributed by atoms with Crippen LogP contribution < -0.4 is 10.6 Å². The fraction of sp³-hybridized carbons (Fsp3) is 0.333. The molecule has 1 fully saturated rings. The molecule has 4 rings (SSSR count). The quantitative estimate of drug-likeness (QED) is 0.648. The zero-order chi connectivity index (χ0) is 20.1. The van der Waals surface area contributed by atoms with E-state index in [4.69, 9.17) is 4.74 Å². The van der Waals surface area contributed by atoms with Gasteiger partial charge in [-0.05, 0) is 43.0 Å². The summed E-state index contributed by atoms with van der Waals surface area (Å²) in [6.07, 6.45) is 5.29. The molecule has 0 atom stereocenters. The summed E-state index contributed by atoms with van der Waals surface area (Å²) >= 11 is 1.33. The molecule has 1 saturated heterocycles. The Morgan fingerprint density at radius 1 is 1.28 bits per heavy atom. The molecular formula is C21H23N5O2S. The maximum atomic E-state index is 12.1. The molecule has 1 amide bonds. The van der Waals surface area contributed by atoms with Crippen molar-refractivity contribution in [2.24, 2.45) is 0 Å². The van der Waals surface area contributed by atoms with E-state index in [1.807, 2.05) is 25.1 Å². The highest BCUT2D eigenvalue weighted by Crippen LogP contribution is 2.22. The molecule has 0 bridgehead atoms. The van der Waals surface area contributed by atoms with Crippen LogP contribution in [0.2, 0.25) is 0 Å². The number of nitrogens with zero attached hydrogens (tertiary/aromatic N) is 3. The van der Waals surface area contributed by atoms with Crippen molar-refractivity contribution in [3.05, 3.63) is 58.2 Å². The van der Waals surface area contributed by atoms with Gasteiger partial charge in [-0.25, -0.2) is 9.97 Å². The van der Waals surface area contributed by atoms with Gasteiger partial charge in [0.25, 0.3) is 5.91 Å². The van der Waals surface area contributed by atoms with Gasteiger partial charge in [-0.2, -0.15) is 0 Å². The fourth-order valence-electron chi connectivity index (χ4n) is 3.26. The predicted octanol–water partition coefficient (Wildman–Crippen LogP) is 3.43. The Kier molecular flexibility index (Phi) is 6.12.